The molecule has 1 aliphatic heterocycles. The number of halogens is 4. The Morgan fingerprint density at radius 1 is 0.907 bits per heavy atom. The summed E-state index contributed by atoms with van der Waals surface area (Å²) in [6.07, 6.45) is -3.31. The van der Waals surface area contributed by atoms with Crippen LogP contribution in [-0.4, -0.2) is 70.6 Å². The normalized spacial score (nSPS) is 16.9. The quantitative estimate of drug-likeness (QED) is 0.101. The number of nitrogens with one attached hydrogen (secondary N) is 2. The van der Waals surface area contributed by atoms with Gasteiger partial charge in [-0.15, -0.1) is 0 Å². The predicted octanol–water partition coefficient (Wildman–Crippen LogP) is 6.20. The first-order valence-electron chi connectivity index (χ1n) is 17.6. The number of imide groups is 1. The van der Waals surface area contributed by atoms with Crippen molar-refractivity contribution in [2.24, 2.45) is 0 Å². The molecule has 1 fully saturated rings. The molecule has 1 unspecified atom stereocenters. The monoisotopic (exact) mass is 752 g/mol. The summed E-state index contributed by atoms with van der Waals surface area (Å²) in [6, 6.07) is 15.9. The van der Waals surface area contributed by atoms with E-state index in [0.717, 1.165) is 25.5 Å². The molecular formula is C39H40F4N4O7. The van der Waals surface area contributed by atoms with Gasteiger partial charge in [0.2, 0.25) is 23.3 Å². The average Bonchev–Trinajstić information content (AvgIpc) is 3.62. The molecule has 0 bridgehead atoms. The minimum Gasteiger partial charge on any atom is -0.427 e. The van der Waals surface area contributed by atoms with Gasteiger partial charge < -0.3 is 20.3 Å². The van der Waals surface area contributed by atoms with Crippen molar-refractivity contribution in [1.82, 2.24) is 15.1 Å². The van der Waals surface area contributed by atoms with Crippen LogP contribution in [0.4, 0.5) is 28.0 Å². The van der Waals surface area contributed by atoms with Gasteiger partial charge in [0.15, 0.2) is 5.78 Å². The Kier molecular flexibility index (Phi) is 12.5. The molecule has 5 amide bonds. The zero-order valence-electron chi connectivity index (χ0n) is 29.5. The Balaban J connectivity index is 1.10. The van der Waals surface area contributed by atoms with E-state index in [0.29, 0.717) is 58.0 Å². The number of anilines is 1. The van der Waals surface area contributed by atoms with Crippen LogP contribution in [0, 0.1) is 5.82 Å². The summed E-state index contributed by atoms with van der Waals surface area (Å²) in [5.41, 5.74) is 0.374. The molecule has 5 rings (SSSR count). The number of Topliss-reactive ketones (excluding diaryl/α,β-unsaturated/α-hetero) is 1. The zero-order chi connectivity index (χ0) is 39.0. The van der Waals surface area contributed by atoms with E-state index in [9.17, 15) is 46.3 Å². The van der Waals surface area contributed by atoms with Crippen LogP contribution in [0.1, 0.15) is 78.9 Å². The van der Waals surface area contributed by atoms with Gasteiger partial charge in [-0.2, -0.15) is 13.2 Å². The van der Waals surface area contributed by atoms with E-state index in [1.54, 1.807) is 18.2 Å². The van der Waals surface area contributed by atoms with E-state index in [1.807, 2.05) is 18.2 Å². The Labute approximate surface area is 309 Å². The van der Waals surface area contributed by atoms with Crippen LogP contribution in [0.25, 0.3) is 0 Å². The van der Waals surface area contributed by atoms with Crippen LogP contribution >= 0.6 is 0 Å². The highest BCUT2D eigenvalue weighted by molar-refractivity contribution is 6.06. The second-order valence-electron chi connectivity index (χ2n) is 13.3. The SMILES string of the molecule is C[C@H](N(Cc1ccc(F)cc1)C(=O)CN1C(=O)OC2(CCc3cc(NC(=O)CCC(=O)NCCCCCC(=O)c4ccccc4)ccc32)C1=O)C(F)(F)F. The Bertz CT molecular complexity index is 1890. The number of amides is 5. The molecule has 286 valence electrons. The van der Waals surface area contributed by atoms with Crippen LogP contribution in [0.5, 0.6) is 0 Å². The number of fused-ring (bicyclic) bond motifs is 2. The van der Waals surface area contributed by atoms with E-state index >= 15 is 0 Å². The van der Waals surface area contributed by atoms with Gasteiger partial charge in [0.05, 0.1) is 0 Å². The molecule has 1 spiro atoms. The predicted molar refractivity (Wildman–Crippen MR) is 187 cm³/mol. The average molecular weight is 753 g/mol. The largest absolute Gasteiger partial charge is 0.427 e. The molecule has 0 aromatic heterocycles. The third-order valence-corrected chi connectivity index (χ3v) is 9.54. The summed E-state index contributed by atoms with van der Waals surface area (Å²) in [6.45, 7) is -0.367. The number of hydrogen-bond donors (Lipinski definition) is 2. The maximum absolute atomic E-state index is 13.7. The van der Waals surface area contributed by atoms with E-state index < -0.39 is 60.5 Å². The maximum Gasteiger partial charge on any atom is 0.418 e. The summed E-state index contributed by atoms with van der Waals surface area (Å²) in [5.74, 6) is -3.32. The second kappa shape index (κ2) is 17.0. The molecule has 1 aliphatic carbocycles. The van der Waals surface area contributed by atoms with Crippen molar-refractivity contribution in [2.45, 2.75) is 82.7 Å². The van der Waals surface area contributed by atoms with Gasteiger partial charge in [0.1, 0.15) is 18.4 Å². The lowest BCUT2D eigenvalue weighted by atomic mass is 9.94. The fourth-order valence-corrected chi connectivity index (χ4v) is 6.48. The number of nitrogens with zero attached hydrogens (tertiary/aromatic N) is 2. The summed E-state index contributed by atoms with van der Waals surface area (Å²) in [7, 11) is 0. The minimum absolute atomic E-state index is 0.0107. The molecule has 3 aromatic rings. The number of carbonyl (C=O) groups excluding carboxylic acids is 6. The molecule has 15 heteroatoms. The number of rotatable bonds is 16. The highest BCUT2D eigenvalue weighted by Gasteiger charge is 2.58. The van der Waals surface area contributed by atoms with Gasteiger partial charge in [-0.3, -0.25) is 24.0 Å². The van der Waals surface area contributed by atoms with Gasteiger partial charge in [0.25, 0.3) is 5.91 Å². The smallest absolute Gasteiger partial charge is 0.418 e. The molecule has 2 N–H and O–H groups in total. The number of hydrogen-bond acceptors (Lipinski definition) is 7. The van der Waals surface area contributed by atoms with E-state index in [1.165, 1.54) is 24.3 Å². The number of aryl methyl sites for hydroxylation is 1. The number of ether oxygens (including phenoxy) is 1. The number of benzene rings is 3. The lowest BCUT2D eigenvalue weighted by Crippen LogP contribution is -2.51. The molecular weight excluding hydrogens is 712 g/mol. The molecule has 11 nitrogen and oxygen atoms in total. The first kappa shape index (κ1) is 39.6. The maximum atomic E-state index is 13.7. The molecule has 0 saturated carbocycles. The second-order valence-corrected chi connectivity index (χ2v) is 13.3. The number of ketones is 1. The van der Waals surface area contributed by atoms with Crippen molar-refractivity contribution < 1.29 is 51.1 Å². The van der Waals surface area contributed by atoms with Crippen molar-refractivity contribution in [3.8, 4) is 0 Å². The lowest BCUT2D eigenvalue weighted by molar-refractivity contribution is -0.187. The molecule has 3 aromatic carbocycles. The molecule has 1 heterocycles. The lowest BCUT2D eigenvalue weighted by Gasteiger charge is -2.31. The number of carbonyl (C=O) groups is 6. The molecule has 2 aliphatic rings. The van der Waals surface area contributed by atoms with Crippen LogP contribution in [0.2, 0.25) is 0 Å². The Morgan fingerprint density at radius 3 is 2.31 bits per heavy atom. The molecule has 54 heavy (non-hydrogen) atoms. The Hall–Kier alpha value is -5.60. The van der Waals surface area contributed by atoms with Gasteiger partial charge in [-0.1, -0.05) is 55.0 Å². The zero-order valence-corrected chi connectivity index (χ0v) is 29.5. The minimum atomic E-state index is -4.83. The number of unbranched alkanes of at least 4 members (excludes halogenated alkanes) is 2. The highest BCUT2D eigenvalue weighted by atomic mass is 19.4. The van der Waals surface area contributed by atoms with Crippen molar-refractivity contribution in [2.75, 3.05) is 18.4 Å². The van der Waals surface area contributed by atoms with Gasteiger partial charge >= 0.3 is 12.3 Å². The first-order chi connectivity index (χ1) is 25.7. The van der Waals surface area contributed by atoms with Crippen molar-refractivity contribution in [3.05, 3.63) is 101 Å². The highest BCUT2D eigenvalue weighted by Crippen LogP contribution is 2.46. The van der Waals surface area contributed by atoms with Crippen molar-refractivity contribution in [3.63, 3.8) is 0 Å². The third-order valence-electron chi connectivity index (χ3n) is 9.54. The Morgan fingerprint density at radius 2 is 1.61 bits per heavy atom. The van der Waals surface area contributed by atoms with Crippen LogP contribution < -0.4 is 10.6 Å². The summed E-state index contributed by atoms with van der Waals surface area (Å²) in [5, 5.41) is 5.48. The van der Waals surface area contributed by atoms with E-state index in [-0.39, 0.29) is 42.9 Å². The van der Waals surface area contributed by atoms with Crippen LogP contribution in [0.15, 0.2) is 72.8 Å². The van der Waals surface area contributed by atoms with Gasteiger partial charge in [-0.05, 0) is 61.6 Å². The van der Waals surface area contributed by atoms with E-state index in [4.69, 9.17) is 4.74 Å². The summed E-state index contributed by atoms with van der Waals surface area (Å²) in [4.78, 5) is 77.9. The van der Waals surface area contributed by atoms with Crippen LogP contribution in [-0.2, 0) is 42.5 Å². The van der Waals surface area contributed by atoms with Crippen molar-refractivity contribution >= 4 is 41.2 Å². The fourth-order valence-electron chi connectivity index (χ4n) is 6.48. The topological polar surface area (TPSA) is 142 Å². The van der Waals surface area contributed by atoms with E-state index in [2.05, 4.69) is 10.6 Å². The summed E-state index contributed by atoms with van der Waals surface area (Å²) < 4.78 is 60.2. The standard InChI is InChI=1S/C39H40F4N4O7/c1-25(39(41,42)43)46(23-26-11-13-29(40)14-12-26)35(51)24-47-36(52)38(54-37(47)53)20-19-28-22-30(15-16-31(28)38)45-34(50)18-17-33(49)44-21-7-3-6-10-32(48)27-8-4-2-5-9-27/h2,4-5,8-9,11-16,22,25H,3,6-7,10,17-21,23-24H2,1H3,(H,44,49)(H,45,50)/t25-,38?/m0/s1. The van der Waals surface area contributed by atoms with Crippen LogP contribution in [0.3, 0.4) is 0 Å². The van der Waals surface area contributed by atoms with Gasteiger partial charge in [-0.25, -0.2) is 14.1 Å². The fraction of sp³-hybridized carbons (Fsp3) is 0.385. The molecule has 2 atom stereocenters. The summed E-state index contributed by atoms with van der Waals surface area (Å²) >= 11 is 0. The first-order valence-corrected chi connectivity index (χ1v) is 17.6. The molecule has 1 saturated heterocycles. The third kappa shape index (κ3) is 9.49. The molecule has 0 radical (unpaired) electrons. The van der Waals surface area contributed by atoms with Crippen molar-refractivity contribution in [1.29, 1.82) is 0 Å². The number of alkyl halides is 3. The van der Waals surface area contributed by atoms with Gasteiger partial charge in [0, 0.05) is 55.6 Å².